The summed E-state index contributed by atoms with van der Waals surface area (Å²) in [4.78, 5) is 22.1. The van der Waals surface area contributed by atoms with Gasteiger partial charge in [0.05, 0.1) is 0 Å². The van der Waals surface area contributed by atoms with E-state index >= 15 is 0 Å². The molecule has 1 aromatic carbocycles. The Morgan fingerprint density at radius 3 is 2.61 bits per heavy atom. The molecule has 5 nitrogen and oxygen atoms in total. The Morgan fingerprint density at radius 2 is 2.06 bits per heavy atom. The van der Waals surface area contributed by atoms with Crippen molar-refractivity contribution in [1.29, 1.82) is 0 Å². The molecular formula is C11H11F2NO4. The number of amides is 1. The molecule has 0 saturated carbocycles. The lowest BCUT2D eigenvalue weighted by molar-refractivity contribution is -0.138. The van der Waals surface area contributed by atoms with E-state index in [1.165, 1.54) is 25.1 Å². The first-order chi connectivity index (χ1) is 8.40. The molecule has 0 saturated heterocycles. The number of carboxylic acid groups (broad SMARTS) is 1. The minimum Gasteiger partial charge on any atom is -0.480 e. The highest BCUT2D eigenvalue weighted by atomic mass is 19.3. The minimum absolute atomic E-state index is 0.0428. The van der Waals surface area contributed by atoms with Gasteiger partial charge in [0.25, 0.3) is 5.91 Å². The number of benzene rings is 1. The number of rotatable bonds is 5. The predicted octanol–water partition coefficient (Wildman–Crippen LogP) is 1.49. The van der Waals surface area contributed by atoms with Crippen molar-refractivity contribution in [2.24, 2.45) is 0 Å². The highest BCUT2D eigenvalue weighted by Crippen LogP contribution is 2.15. The molecule has 0 aromatic heterocycles. The second kappa shape index (κ2) is 5.95. The number of ether oxygens (including phenoxy) is 1. The van der Waals surface area contributed by atoms with Crippen LogP contribution in [0, 0.1) is 0 Å². The molecule has 0 aliphatic rings. The fourth-order valence-electron chi connectivity index (χ4n) is 1.16. The normalized spacial score (nSPS) is 12.0. The summed E-state index contributed by atoms with van der Waals surface area (Å²) in [5.74, 6) is -2.03. The quantitative estimate of drug-likeness (QED) is 0.840. The van der Waals surface area contributed by atoms with Crippen molar-refractivity contribution >= 4 is 11.9 Å². The number of carbonyl (C=O) groups excluding carboxylic acids is 1. The van der Waals surface area contributed by atoms with Gasteiger partial charge >= 0.3 is 12.6 Å². The summed E-state index contributed by atoms with van der Waals surface area (Å²) in [5, 5.41) is 10.8. The highest BCUT2D eigenvalue weighted by molar-refractivity contribution is 5.96. The van der Waals surface area contributed by atoms with Crippen LogP contribution in [-0.2, 0) is 4.79 Å². The lowest BCUT2D eigenvalue weighted by Crippen LogP contribution is -2.38. The lowest BCUT2D eigenvalue weighted by Gasteiger charge is -2.10. The van der Waals surface area contributed by atoms with Gasteiger partial charge in [-0.2, -0.15) is 8.78 Å². The van der Waals surface area contributed by atoms with Crippen molar-refractivity contribution in [3.8, 4) is 5.75 Å². The molecule has 98 valence electrons. The van der Waals surface area contributed by atoms with Gasteiger partial charge in [0.2, 0.25) is 0 Å². The van der Waals surface area contributed by atoms with Crippen LogP contribution in [0.15, 0.2) is 24.3 Å². The first-order valence-corrected chi connectivity index (χ1v) is 4.98. The SMILES string of the molecule is C[C@@H](NC(=O)c1cccc(OC(F)F)c1)C(=O)O. The monoisotopic (exact) mass is 259 g/mol. The molecule has 0 aliphatic carbocycles. The summed E-state index contributed by atoms with van der Waals surface area (Å²) in [6.07, 6.45) is 0. The van der Waals surface area contributed by atoms with Gasteiger partial charge < -0.3 is 15.2 Å². The molecule has 0 spiro atoms. The van der Waals surface area contributed by atoms with Gasteiger partial charge in [0, 0.05) is 5.56 Å². The Bertz CT molecular complexity index is 450. The Hall–Kier alpha value is -2.18. The van der Waals surface area contributed by atoms with Gasteiger partial charge in [-0.05, 0) is 25.1 Å². The van der Waals surface area contributed by atoms with Crippen LogP contribution in [0.2, 0.25) is 0 Å². The first kappa shape index (κ1) is 13.9. The minimum atomic E-state index is -2.98. The van der Waals surface area contributed by atoms with Crippen molar-refractivity contribution in [3.63, 3.8) is 0 Å². The molecule has 0 heterocycles. The third kappa shape index (κ3) is 4.00. The van der Waals surface area contributed by atoms with Gasteiger partial charge in [-0.3, -0.25) is 9.59 Å². The molecule has 0 bridgehead atoms. The zero-order valence-electron chi connectivity index (χ0n) is 9.39. The number of carboxylic acids is 1. The van der Waals surface area contributed by atoms with Crippen LogP contribution in [0.3, 0.4) is 0 Å². The molecule has 1 amide bonds. The highest BCUT2D eigenvalue weighted by Gasteiger charge is 2.16. The van der Waals surface area contributed by atoms with Gasteiger partial charge in [-0.25, -0.2) is 0 Å². The maximum atomic E-state index is 12.0. The number of hydrogen-bond donors (Lipinski definition) is 2. The first-order valence-electron chi connectivity index (χ1n) is 4.98. The van der Waals surface area contributed by atoms with Crippen molar-refractivity contribution in [3.05, 3.63) is 29.8 Å². The van der Waals surface area contributed by atoms with E-state index in [1.54, 1.807) is 0 Å². The topological polar surface area (TPSA) is 75.6 Å². The van der Waals surface area contributed by atoms with E-state index in [0.717, 1.165) is 6.07 Å². The van der Waals surface area contributed by atoms with Gasteiger partial charge in [-0.15, -0.1) is 0 Å². The average molecular weight is 259 g/mol. The van der Waals surface area contributed by atoms with Crippen LogP contribution in [0.5, 0.6) is 5.75 Å². The van der Waals surface area contributed by atoms with Crippen molar-refractivity contribution < 1.29 is 28.2 Å². The van der Waals surface area contributed by atoms with Crippen LogP contribution >= 0.6 is 0 Å². The zero-order chi connectivity index (χ0) is 13.7. The molecule has 18 heavy (non-hydrogen) atoms. The van der Waals surface area contributed by atoms with E-state index < -0.39 is 24.5 Å². The fourth-order valence-corrected chi connectivity index (χ4v) is 1.16. The molecule has 7 heteroatoms. The summed E-state index contributed by atoms with van der Waals surface area (Å²) in [5.41, 5.74) is 0.0428. The smallest absolute Gasteiger partial charge is 0.387 e. The molecule has 2 N–H and O–H groups in total. The van der Waals surface area contributed by atoms with E-state index in [1.807, 2.05) is 0 Å². The van der Waals surface area contributed by atoms with Gasteiger partial charge in [0.15, 0.2) is 0 Å². The third-order valence-electron chi connectivity index (χ3n) is 2.04. The van der Waals surface area contributed by atoms with E-state index in [4.69, 9.17) is 5.11 Å². The van der Waals surface area contributed by atoms with E-state index in [2.05, 4.69) is 10.1 Å². The number of nitrogens with one attached hydrogen (secondary N) is 1. The van der Waals surface area contributed by atoms with Gasteiger partial charge in [-0.1, -0.05) is 6.07 Å². The summed E-state index contributed by atoms with van der Waals surface area (Å²) in [7, 11) is 0. The van der Waals surface area contributed by atoms with E-state index in [9.17, 15) is 18.4 Å². The van der Waals surface area contributed by atoms with Crippen LogP contribution < -0.4 is 10.1 Å². The Morgan fingerprint density at radius 1 is 1.39 bits per heavy atom. The molecule has 0 unspecified atom stereocenters. The molecule has 0 radical (unpaired) electrons. The van der Waals surface area contributed by atoms with Crippen LogP contribution in [-0.4, -0.2) is 29.6 Å². The summed E-state index contributed by atoms with van der Waals surface area (Å²) in [6, 6.07) is 4.03. The van der Waals surface area contributed by atoms with Crippen molar-refractivity contribution in [2.75, 3.05) is 0 Å². The molecule has 1 aromatic rings. The van der Waals surface area contributed by atoms with Crippen molar-refractivity contribution in [2.45, 2.75) is 19.6 Å². The second-order valence-corrected chi connectivity index (χ2v) is 3.44. The molecule has 1 atom stereocenters. The van der Waals surface area contributed by atoms with Crippen LogP contribution in [0.4, 0.5) is 8.78 Å². The Labute approximate surface area is 101 Å². The number of alkyl halides is 2. The zero-order valence-corrected chi connectivity index (χ0v) is 9.39. The third-order valence-corrected chi connectivity index (χ3v) is 2.04. The summed E-state index contributed by atoms with van der Waals surface area (Å²) in [6.45, 7) is -1.69. The largest absolute Gasteiger partial charge is 0.480 e. The number of halogens is 2. The lowest BCUT2D eigenvalue weighted by atomic mass is 10.2. The number of carbonyl (C=O) groups is 2. The number of hydrogen-bond acceptors (Lipinski definition) is 3. The second-order valence-electron chi connectivity index (χ2n) is 3.44. The predicted molar refractivity (Wildman–Crippen MR) is 57.6 cm³/mol. The Balaban J connectivity index is 2.77. The van der Waals surface area contributed by atoms with Crippen molar-refractivity contribution in [1.82, 2.24) is 5.32 Å². The maximum Gasteiger partial charge on any atom is 0.387 e. The number of aliphatic carboxylic acids is 1. The van der Waals surface area contributed by atoms with E-state index in [0.29, 0.717) is 0 Å². The summed E-state index contributed by atoms with van der Waals surface area (Å²) < 4.78 is 28.1. The molecular weight excluding hydrogens is 248 g/mol. The van der Waals surface area contributed by atoms with Gasteiger partial charge in [0.1, 0.15) is 11.8 Å². The Kier molecular flexibility index (Phi) is 4.59. The molecule has 1 rings (SSSR count). The maximum absolute atomic E-state index is 12.0. The van der Waals surface area contributed by atoms with Crippen LogP contribution in [0.25, 0.3) is 0 Å². The fraction of sp³-hybridized carbons (Fsp3) is 0.273. The molecule has 0 aliphatic heterocycles. The van der Waals surface area contributed by atoms with Crippen LogP contribution in [0.1, 0.15) is 17.3 Å². The molecule has 0 fully saturated rings. The van der Waals surface area contributed by atoms with E-state index in [-0.39, 0.29) is 11.3 Å². The standard InChI is InChI=1S/C11H11F2NO4/c1-6(10(16)17)14-9(15)7-3-2-4-8(5-7)18-11(12)13/h2-6,11H,1H3,(H,14,15)(H,16,17)/t6-/m1/s1. The average Bonchev–Trinajstić information content (AvgIpc) is 2.28. The summed E-state index contributed by atoms with van der Waals surface area (Å²) >= 11 is 0.